The van der Waals surface area contributed by atoms with E-state index in [1.54, 1.807) is 0 Å². The molecule has 2 unspecified atom stereocenters. The van der Waals surface area contributed by atoms with Gasteiger partial charge < -0.3 is 20.3 Å². The van der Waals surface area contributed by atoms with Crippen LogP contribution in [0.2, 0.25) is 0 Å². The van der Waals surface area contributed by atoms with Gasteiger partial charge in [-0.15, -0.1) is 24.0 Å². The van der Waals surface area contributed by atoms with Crippen LogP contribution in [0.1, 0.15) is 39.0 Å². The zero-order chi connectivity index (χ0) is 18.2. The summed E-state index contributed by atoms with van der Waals surface area (Å²) in [7, 11) is 1.88. The van der Waals surface area contributed by atoms with Crippen LogP contribution in [0, 0.1) is 11.8 Å². The van der Waals surface area contributed by atoms with Crippen molar-refractivity contribution in [2.75, 3.05) is 66.1 Å². The third kappa shape index (κ3) is 8.03. The first-order chi connectivity index (χ1) is 12.7. The molecule has 2 atom stereocenters. The number of nitrogens with zero attached hydrogens (tertiary/aromatic N) is 3. The maximum Gasteiger partial charge on any atom is 0.191 e. The standard InChI is InChI=1S/C20H39N5O.HI/c1-17(14-24-9-11-26-12-10-24)13-22-20(21-2)23-19-7-8-25(16-19)15-18-5-3-4-6-18;/h17-19H,3-16H2,1-2H3,(H2,21,22,23);1H. The fraction of sp³-hybridized carbons (Fsp3) is 0.950. The van der Waals surface area contributed by atoms with Crippen molar-refractivity contribution < 1.29 is 4.74 Å². The minimum atomic E-state index is 0. The first-order valence-electron chi connectivity index (χ1n) is 10.7. The predicted molar refractivity (Wildman–Crippen MR) is 123 cm³/mol. The largest absolute Gasteiger partial charge is 0.379 e. The molecule has 7 heteroatoms. The minimum absolute atomic E-state index is 0. The van der Waals surface area contributed by atoms with Crippen LogP contribution < -0.4 is 10.6 Å². The molecule has 0 radical (unpaired) electrons. The maximum absolute atomic E-state index is 5.43. The lowest BCUT2D eigenvalue weighted by Gasteiger charge is -2.29. The Morgan fingerprint density at radius 2 is 1.85 bits per heavy atom. The second kappa shape index (κ2) is 12.4. The zero-order valence-electron chi connectivity index (χ0n) is 17.3. The average Bonchev–Trinajstić information content (AvgIpc) is 3.32. The van der Waals surface area contributed by atoms with Crippen LogP contribution in [-0.2, 0) is 4.74 Å². The van der Waals surface area contributed by atoms with E-state index in [1.807, 2.05) is 7.05 Å². The number of aliphatic imine (C=N–C) groups is 1. The topological polar surface area (TPSA) is 52.1 Å². The van der Waals surface area contributed by atoms with Gasteiger partial charge in [-0.3, -0.25) is 9.89 Å². The van der Waals surface area contributed by atoms with Gasteiger partial charge in [0.25, 0.3) is 0 Å². The van der Waals surface area contributed by atoms with Crippen LogP contribution in [-0.4, -0.2) is 87.9 Å². The predicted octanol–water partition coefficient (Wildman–Crippen LogP) is 2.00. The molecule has 6 nitrogen and oxygen atoms in total. The highest BCUT2D eigenvalue weighted by molar-refractivity contribution is 14.0. The second-order valence-electron chi connectivity index (χ2n) is 8.51. The van der Waals surface area contributed by atoms with Gasteiger partial charge in [0.2, 0.25) is 0 Å². The quantitative estimate of drug-likeness (QED) is 0.323. The summed E-state index contributed by atoms with van der Waals surface area (Å²) < 4.78 is 5.43. The normalized spacial score (nSPS) is 26.7. The summed E-state index contributed by atoms with van der Waals surface area (Å²) in [5.41, 5.74) is 0. The number of morpholine rings is 1. The van der Waals surface area contributed by atoms with E-state index in [1.165, 1.54) is 51.7 Å². The highest BCUT2D eigenvalue weighted by Crippen LogP contribution is 2.26. The van der Waals surface area contributed by atoms with E-state index in [0.717, 1.165) is 51.3 Å². The fourth-order valence-corrected chi connectivity index (χ4v) is 4.62. The van der Waals surface area contributed by atoms with Crippen molar-refractivity contribution in [1.29, 1.82) is 0 Å². The van der Waals surface area contributed by atoms with E-state index < -0.39 is 0 Å². The molecule has 2 N–H and O–H groups in total. The van der Waals surface area contributed by atoms with Gasteiger partial charge in [-0.25, -0.2) is 0 Å². The highest BCUT2D eigenvalue weighted by atomic mass is 127. The number of hydrogen-bond donors (Lipinski definition) is 2. The fourth-order valence-electron chi connectivity index (χ4n) is 4.62. The van der Waals surface area contributed by atoms with Gasteiger partial charge in [0.15, 0.2) is 5.96 Å². The first-order valence-corrected chi connectivity index (χ1v) is 10.7. The Morgan fingerprint density at radius 1 is 1.11 bits per heavy atom. The molecule has 27 heavy (non-hydrogen) atoms. The van der Waals surface area contributed by atoms with Crippen LogP contribution >= 0.6 is 24.0 Å². The summed E-state index contributed by atoms with van der Waals surface area (Å²) in [6.07, 6.45) is 7.01. The lowest BCUT2D eigenvalue weighted by atomic mass is 10.1. The lowest BCUT2D eigenvalue weighted by Crippen LogP contribution is -2.47. The van der Waals surface area contributed by atoms with E-state index >= 15 is 0 Å². The summed E-state index contributed by atoms with van der Waals surface area (Å²) in [4.78, 5) is 9.60. The van der Waals surface area contributed by atoms with Gasteiger partial charge >= 0.3 is 0 Å². The molecule has 3 aliphatic rings. The van der Waals surface area contributed by atoms with Crippen molar-refractivity contribution in [2.45, 2.75) is 45.1 Å². The molecule has 2 aliphatic heterocycles. The van der Waals surface area contributed by atoms with Crippen molar-refractivity contribution >= 4 is 29.9 Å². The summed E-state index contributed by atoms with van der Waals surface area (Å²) >= 11 is 0. The monoisotopic (exact) mass is 493 g/mol. The van der Waals surface area contributed by atoms with Gasteiger partial charge in [0.1, 0.15) is 0 Å². The van der Waals surface area contributed by atoms with E-state index in [9.17, 15) is 0 Å². The molecule has 2 saturated heterocycles. The van der Waals surface area contributed by atoms with Crippen LogP contribution in [0.15, 0.2) is 4.99 Å². The molecule has 0 amide bonds. The van der Waals surface area contributed by atoms with Crippen molar-refractivity contribution in [3.63, 3.8) is 0 Å². The Kier molecular flexibility index (Phi) is 10.7. The Balaban J connectivity index is 0.00000261. The second-order valence-corrected chi connectivity index (χ2v) is 8.51. The van der Waals surface area contributed by atoms with Gasteiger partial charge in [0, 0.05) is 58.9 Å². The molecule has 2 heterocycles. The molecule has 1 aliphatic carbocycles. The number of rotatable bonds is 7. The van der Waals surface area contributed by atoms with Gasteiger partial charge in [-0.05, 0) is 31.1 Å². The van der Waals surface area contributed by atoms with Crippen LogP contribution in [0.5, 0.6) is 0 Å². The van der Waals surface area contributed by atoms with Crippen molar-refractivity contribution in [3.05, 3.63) is 0 Å². The molecule has 158 valence electrons. The highest BCUT2D eigenvalue weighted by Gasteiger charge is 2.26. The Morgan fingerprint density at radius 3 is 2.56 bits per heavy atom. The third-order valence-corrected chi connectivity index (χ3v) is 6.12. The molecule has 3 fully saturated rings. The molecule has 1 saturated carbocycles. The van der Waals surface area contributed by atoms with Gasteiger partial charge in [0.05, 0.1) is 13.2 Å². The van der Waals surface area contributed by atoms with Crippen LogP contribution in [0.4, 0.5) is 0 Å². The zero-order valence-corrected chi connectivity index (χ0v) is 19.6. The number of ether oxygens (including phenoxy) is 1. The van der Waals surface area contributed by atoms with E-state index in [0.29, 0.717) is 12.0 Å². The van der Waals surface area contributed by atoms with E-state index in [2.05, 4.69) is 32.3 Å². The minimum Gasteiger partial charge on any atom is -0.379 e. The first kappa shape index (κ1) is 23.2. The van der Waals surface area contributed by atoms with Gasteiger partial charge in [-0.1, -0.05) is 19.8 Å². The van der Waals surface area contributed by atoms with Crippen LogP contribution in [0.25, 0.3) is 0 Å². The van der Waals surface area contributed by atoms with Gasteiger partial charge in [-0.2, -0.15) is 0 Å². The van der Waals surface area contributed by atoms with Crippen molar-refractivity contribution in [1.82, 2.24) is 20.4 Å². The van der Waals surface area contributed by atoms with Crippen LogP contribution in [0.3, 0.4) is 0 Å². The van der Waals surface area contributed by atoms with E-state index in [4.69, 9.17) is 4.74 Å². The van der Waals surface area contributed by atoms with Crippen molar-refractivity contribution in [3.8, 4) is 0 Å². The molecule has 0 spiro atoms. The smallest absolute Gasteiger partial charge is 0.191 e. The lowest BCUT2D eigenvalue weighted by molar-refractivity contribution is 0.0320. The molecule has 0 aromatic heterocycles. The average molecular weight is 493 g/mol. The molecule has 0 aromatic rings. The number of guanidine groups is 1. The summed E-state index contributed by atoms with van der Waals surface area (Å²) in [5.74, 6) is 2.52. The number of nitrogens with one attached hydrogen (secondary N) is 2. The SMILES string of the molecule is CN=C(NCC(C)CN1CCOCC1)NC1CCN(CC2CCCC2)C1.I. The Hall–Kier alpha value is -0.120. The molecule has 0 bridgehead atoms. The van der Waals surface area contributed by atoms with Crippen molar-refractivity contribution in [2.24, 2.45) is 16.8 Å². The number of likely N-dealkylation sites (tertiary alicyclic amines) is 1. The van der Waals surface area contributed by atoms with E-state index in [-0.39, 0.29) is 24.0 Å². The maximum atomic E-state index is 5.43. The molecular weight excluding hydrogens is 453 g/mol. The molecule has 3 rings (SSSR count). The summed E-state index contributed by atoms with van der Waals surface area (Å²) in [6.45, 7) is 12.0. The Labute approximate surface area is 182 Å². The third-order valence-electron chi connectivity index (χ3n) is 6.12. The summed E-state index contributed by atoms with van der Waals surface area (Å²) in [5, 5.41) is 7.18. The molecule has 0 aromatic carbocycles. The number of halogens is 1. The molecular formula is C20H40IN5O. The Bertz CT molecular complexity index is 438. The summed E-state index contributed by atoms with van der Waals surface area (Å²) in [6, 6.07) is 0.539. The number of hydrogen-bond acceptors (Lipinski definition) is 4.